The third kappa shape index (κ3) is 3.90. The molecule has 0 saturated heterocycles. The van der Waals surface area contributed by atoms with Crippen molar-refractivity contribution in [3.63, 3.8) is 0 Å². The van der Waals surface area contributed by atoms with Crippen molar-refractivity contribution in [2.24, 2.45) is 5.92 Å². The molecular formula is C39H38N6. The first-order chi connectivity index (χ1) is 22.3. The maximum atomic E-state index is 5.28. The molecule has 1 aromatic heterocycles. The number of aromatic nitrogens is 3. The smallest absolute Gasteiger partial charge is 0.234 e. The lowest BCUT2D eigenvalue weighted by atomic mass is 9.74. The SMILES string of the molecule is C1=CCCC(c2nc(-c3ccccc3)nc(N3c4ccc5c(c4C4C6NC7=C(CCC=C7)C6C=CC43)NC3CCCCC53)n2)=C1. The molecular weight excluding hydrogens is 552 g/mol. The van der Waals surface area contributed by atoms with Gasteiger partial charge in [-0.3, -0.25) is 0 Å². The van der Waals surface area contributed by atoms with Gasteiger partial charge in [0.2, 0.25) is 5.95 Å². The van der Waals surface area contributed by atoms with Crippen LogP contribution >= 0.6 is 0 Å². The van der Waals surface area contributed by atoms with E-state index in [2.05, 4.69) is 94.5 Å². The van der Waals surface area contributed by atoms with Crippen molar-refractivity contribution in [2.75, 3.05) is 10.2 Å². The first-order valence-corrected chi connectivity index (χ1v) is 17.1. The van der Waals surface area contributed by atoms with E-state index in [4.69, 9.17) is 15.0 Å². The summed E-state index contributed by atoms with van der Waals surface area (Å²) in [7, 11) is 0. The predicted octanol–water partition coefficient (Wildman–Crippen LogP) is 8.09. The van der Waals surface area contributed by atoms with Crippen LogP contribution in [0.4, 0.5) is 17.3 Å². The Morgan fingerprint density at radius 1 is 0.822 bits per heavy atom. The molecule has 4 heterocycles. The minimum atomic E-state index is 0.120. The lowest BCUT2D eigenvalue weighted by Crippen LogP contribution is -2.44. The van der Waals surface area contributed by atoms with Crippen LogP contribution in [0.15, 0.2) is 96.3 Å². The average Bonchev–Trinajstić information content (AvgIpc) is 3.78. The van der Waals surface area contributed by atoms with Crippen LogP contribution in [0.5, 0.6) is 0 Å². The summed E-state index contributed by atoms with van der Waals surface area (Å²) in [5.41, 5.74) is 10.8. The van der Waals surface area contributed by atoms with Crippen molar-refractivity contribution < 1.29 is 0 Å². The molecule has 45 heavy (non-hydrogen) atoms. The summed E-state index contributed by atoms with van der Waals surface area (Å²) < 4.78 is 0. The Morgan fingerprint density at radius 2 is 1.71 bits per heavy atom. The van der Waals surface area contributed by atoms with E-state index in [0.29, 0.717) is 23.9 Å². The number of rotatable bonds is 3. The van der Waals surface area contributed by atoms with Gasteiger partial charge >= 0.3 is 0 Å². The van der Waals surface area contributed by atoms with Crippen LogP contribution in [-0.4, -0.2) is 33.1 Å². The zero-order valence-electron chi connectivity index (χ0n) is 25.5. The highest BCUT2D eigenvalue weighted by Crippen LogP contribution is 2.59. The zero-order chi connectivity index (χ0) is 29.5. The number of hydrogen-bond donors (Lipinski definition) is 2. The van der Waals surface area contributed by atoms with E-state index in [9.17, 15) is 0 Å². The van der Waals surface area contributed by atoms with E-state index >= 15 is 0 Å². The molecule has 6 nitrogen and oxygen atoms in total. The molecule has 0 amide bonds. The monoisotopic (exact) mass is 590 g/mol. The summed E-state index contributed by atoms with van der Waals surface area (Å²) in [5.74, 6) is 3.60. The minimum Gasteiger partial charge on any atom is -0.381 e. The number of benzene rings is 2. The number of nitrogens with one attached hydrogen (secondary N) is 2. The summed E-state index contributed by atoms with van der Waals surface area (Å²) in [4.78, 5) is 18.0. The van der Waals surface area contributed by atoms with Crippen molar-refractivity contribution in [1.82, 2.24) is 20.3 Å². The van der Waals surface area contributed by atoms with Gasteiger partial charge < -0.3 is 15.5 Å². The van der Waals surface area contributed by atoms with Gasteiger partial charge in [0.05, 0.1) is 11.7 Å². The molecule has 6 unspecified atom stereocenters. The maximum absolute atomic E-state index is 5.28. The van der Waals surface area contributed by atoms with Crippen LogP contribution in [0.3, 0.4) is 0 Å². The highest BCUT2D eigenvalue weighted by Gasteiger charge is 2.53. The van der Waals surface area contributed by atoms with E-state index in [1.165, 1.54) is 59.5 Å². The third-order valence-corrected chi connectivity index (χ3v) is 11.4. The summed E-state index contributed by atoms with van der Waals surface area (Å²) in [6, 6.07) is 16.2. The Morgan fingerprint density at radius 3 is 2.62 bits per heavy atom. The van der Waals surface area contributed by atoms with Crippen molar-refractivity contribution in [1.29, 1.82) is 0 Å². The van der Waals surface area contributed by atoms with Gasteiger partial charge in [-0.1, -0.05) is 85.7 Å². The van der Waals surface area contributed by atoms with Gasteiger partial charge in [-0.15, -0.1) is 0 Å². The van der Waals surface area contributed by atoms with Gasteiger partial charge in [0.25, 0.3) is 0 Å². The zero-order valence-corrected chi connectivity index (χ0v) is 25.5. The predicted molar refractivity (Wildman–Crippen MR) is 180 cm³/mol. The first kappa shape index (κ1) is 25.8. The lowest BCUT2D eigenvalue weighted by molar-refractivity contribution is 0.404. The van der Waals surface area contributed by atoms with Gasteiger partial charge in [-0.2, -0.15) is 9.97 Å². The van der Waals surface area contributed by atoms with Gasteiger partial charge in [-0.25, -0.2) is 4.98 Å². The standard InChI is InChI=1S/C39H38N6/c1-3-11-23(12-4-1)37-42-38(24-13-5-2-6-14-24)44-39(43-37)45-31-21-19-27-25-15-7-9-17-29(25)40-35(27)33(31)34-32(45)22-20-28-26-16-8-10-18-30(26)41-36(28)34/h1-5,9,11-13,17,19-22,26-27,30-31,33,35,40-41H,6-8,10,14-16,18H2. The third-order valence-electron chi connectivity index (χ3n) is 11.4. The molecule has 4 aliphatic carbocycles. The first-order valence-electron chi connectivity index (χ1n) is 17.1. The Bertz CT molecular complexity index is 1870. The van der Waals surface area contributed by atoms with Gasteiger partial charge in [0.1, 0.15) is 0 Å². The molecule has 10 rings (SSSR count). The molecule has 1 saturated carbocycles. The molecule has 0 bridgehead atoms. The van der Waals surface area contributed by atoms with Crippen molar-refractivity contribution in [3.05, 3.63) is 113 Å². The average molecular weight is 591 g/mol. The van der Waals surface area contributed by atoms with E-state index < -0.39 is 0 Å². The fourth-order valence-electron chi connectivity index (χ4n) is 9.39. The second kappa shape index (κ2) is 10.0. The lowest BCUT2D eigenvalue weighted by Gasteiger charge is -2.36. The topological polar surface area (TPSA) is 66.0 Å². The molecule has 2 aromatic carbocycles. The quantitative estimate of drug-likeness (QED) is 0.301. The molecule has 224 valence electrons. The summed E-state index contributed by atoms with van der Waals surface area (Å²) >= 11 is 0. The van der Waals surface area contributed by atoms with Crippen LogP contribution in [0, 0.1) is 5.92 Å². The number of nitrogens with zero attached hydrogens (tertiary/aromatic N) is 4. The molecule has 6 heteroatoms. The van der Waals surface area contributed by atoms with E-state index in [-0.39, 0.29) is 12.0 Å². The molecule has 3 aromatic rings. The number of hydrogen-bond acceptors (Lipinski definition) is 6. The molecule has 1 fully saturated rings. The fourth-order valence-corrected chi connectivity index (χ4v) is 9.39. The fraction of sp³-hybridized carbons (Fsp3) is 0.359. The Balaban J connectivity index is 1.17. The Hall–Kier alpha value is -4.45. The second-order valence-electron chi connectivity index (χ2n) is 13.8. The van der Waals surface area contributed by atoms with Crippen molar-refractivity contribution in [2.45, 2.75) is 81.3 Å². The summed E-state index contributed by atoms with van der Waals surface area (Å²) in [5, 5.41) is 8.16. The van der Waals surface area contributed by atoms with Crippen LogP contribution in [0.1, 0.15) is 80.2 Å². The maximum Gasteiger partial charge on any atom is 0.234 e. The van der Waals surface area contributed by atoms with Crippen LogP contribution in [0.25, 0.3) is 17.0 Å². The Kier molecular flexibility index (Phi) is 5.76. The molecule has 2 N–H and O–H groups in total. The van der Waals surface area contributed by atoms with Crippen LogP contribution < -0.4 is 15.5 Å². The number of fused-ring (bicyclic) bond motifs is 10. The minimum absolute atomic E-state index is 0.120. The summed E-state index contributed by atoms with van der Waals surface area (Å²) in [6.07, 6.45) is 25.6. The Labute approximate surface area is 264 Å². The van der Waals surface area contributed by atoms with Gasteiger partial charge in [0.15, 0.2) is 11.6 Å². The van der Waals surface area contributed by atoms with Gasteiger partial charge in [0, 0.05) is 52.3 Å². The van der Waals surface area contributed by atoms with Crippen LogP contribution in [-0.2, 0) is 0 Å². The van der Waals surface area contributed by atoms with E-state index in [1.807, 2.05) is 6.07 Å². The van der Waals surface area contributed by atoms with Gasteiger partial charge in [-0.05, 0) is 67.4 Å². The highest BCUT2D eigenvalue weighted by molar-refractivity contribution is 5.83. The molecule has 7 aliphatic rings. The van der Waals surface area contributed by atoms with E-state index in [1.54, 1.807) is 5.57 Å². The van der Waals surface area contributed by atoms with Crippen molar-refractivity contribution in [3.8, 4) is 11.4 Å². The second-order valence-corrected chi connectivity index (χ2v) is 13.8. The molecule has 3 aliphatic heterocycles. The molecule has 0 spiro atoms. The number of anilines is 3. The van der Waals surface area contributed by atoms with E-state index in [0.717, 1.165) is 48.8 Å². The highest BCUT2D eigenvalue weighted by atomic mass is 15.3. The van der Waals surface area contributed by atoms with Crippen LogP contribution in [0.2, 0.25) is 0 Å². The molecule has 0 radical (unpaired) electrons. The number of allylic oxidation sites excluding steroid dienone is 6. The molecule has 6 atom stereocenters. The normalized spacial score (nSPS) is 30.0. The largest absolute Gasteiger partial charge is 0.381 e. The van der Waals surface area contributed by atoms with Crippen molar-refractivity contribution >= 4 is 22.9 Å². The summed E-state index contributed by atoms with van der Waals surface area (Å²) in [6.45, 7) is 0.